The molecule has 1 aromatic rings. The van der Waals surface area contributed by atoms with Crippen molar-refractivity contribution in [2.24, 2.45) is 0 Å². The van der Waals surface area contributed by atoms with Crippen LogP contribution in [0.3, 0.4) is 0 Å². The van der Waals surface area contributed by atoms with Gasteiger partial charge >= 0.3 is 0 Å². The number of likely N-dealkylation sites (N-methyl/N-ethyl adjacent to an activating group) is 1. The van der Waals surface area contributed by atoms with Crippen LogP contribution in [0.25, 0.3) is 0 Å². The predicted octanol–water partition coefficient (Wildman–Crippen LogP) is 1.72. The molecule has 2 nitrogen and oxygen atoms in total. The van der Waals surface area contributed by atoms with E-state index in [2.05, 4.69) is 17.6 Å². The number of para-hydroxylation sites is 1. The van der Waals surface area contributed by atoms with E-state index in [-0.39, 0.29) is 6.04 Å². The molecule has 0 N–H and O–H groups in total. The SMILES string of the molecule is CN(C)C1[C]Oc2ccccc21. The van der Waals surface area contributed by atoms with Gasteiger partial charge in [0.1, 0.15) is 5.75 Å². The number of fused-ring (bicyclic) bond motifs is 1. The van der Waals surface area contributed by atoms with E-state index in [0.717, 1.165) is 5.75 Å². The smallest absolute Gasteiger partial charge is 0.219 e. The fourth-order valence-corrected chi connectivity index (χ4v) is 1.37. The highest BCUT2D eigenvalue weighted by atomic mass is 16.5. The Morgan fingerprint density at radius 1 is 1.33 bits per heavy atom. The van der Waals surface area contributed by atoms with Gasteiger partial charge in [-0.2, -0.15) is 0 Å². The first-order valence-electron chi connectivity index (χ1n) is 3.97. The predicted molar refractivity (Wildman–Crippen MR) is 46.7 cm³/mol. The summed E-state index contributed by atoms with van der Waals surface area (Å²) in [4.78, 5) is 2.08. The summed E-state index contributed by atoms with van der Waals surface area (Å²) in [7, 11) is 4.03. The quantitative estimate of drug-likeness (QED) is 0.621. The molecule has 1 aliphatic rings. The van der Waals surface area contributed by atoms with Crippen molar-refractivity contribution in [2.45, 2.75) is 6.04 Å². The van der Waals surface area contributed by atoms with E-state index in [1.165, 1.54) is 5.56 Å². The molecule has 1 aromatic carbocycles. The second kappa shape index (κ2) is 2.79. The zero-order valence-corrected chi connectivity index (χ0v) is 7.24. The Bertz CT molecular complexity index is 283. The van der Waals surface area contributed by atoms with Crippen LogP contribution in [0.2, 0.25) is 0 Å². The third kappa shape index (κ3) is 1.08. The molecule has 1 aliphatic heterocycles. The number of nitrogens with zero attached hydrogens (tertiary/aromatic N) is 1. The molecule has 0 aliphatic carbocycles. The monoisotopic (exact) mass is 161 g/mol. The summed E-state index contributed by atoms with van der Waals surface area (Å²) in [6.07, 6.45) is 0. The molecular formula is C10H11NO. The lowest BCUT2D eigenvalue weighted by Crippen LogP contribution is -2.17. The molecule has 0 bridgehead atoms. The maximum absolute atomic E-state index is 5.28. The van der Waals surface area contributed by atoms with Crippen molar-refractivity contribution >= 4 is 0 Å². The van der Waals surface area contributed by atoms with E-state index in [1.54, 1.807) is 0 Å². The highest BCUT2D eigenvalue weighted by Gasteiger charge is 2.26. The maximum atomic E-state index is 5.28. The Hall–Kier alpha value is -1.02. The van der Waals surface area contributed by atoms with Crippen LogP contribution in [0.15, 0.2) is 24.3 Å². The molecule has 0 aromatic heterocycles. The highest BCUT2D eigenvalue weighted by molar-refractivity contribution is 5.40. The lowest BCUT2D eigenvalue weighted by Gasteiger charge is -2.15. The van der Waals surface area contributed by atoms with Crippen LogP contribution in [-0.4, -0.2) is 19.0 Å². The second-order valence-electron chi connectivity index (χ2n) is 3.12. The third-order valence-corrected chi connectivity index (χ3v) is 2.01. The summed E-state index contributed by atoms with van der Waals surface area (Å²) in [5.74, 6) is 0.927. The van der Waals surface area contributed by atoms with E-state index in [9.17, 15) is 0 Å². The summed E-state index contributed by atoms with van der Waals surface area (Å²) in [5.41, 5.74) is 1.20. The van der Waals surface area contributed by atoms with Crippen molar-refractivity contribution in [3.63, 3.8) is 0 Å². The van der Waals surface area contributed by atoms with E-state index in [1.807, 2.05) is 32.3 Å². The molecule has 0 saturated carbocycles. The Morgan fingerprint density at radius 3 is 2.83 bits per heavy atom. The summed E-state index contributed by atoms with van der Waals surface area (Å²) >= 11 is 0. The minimum absolute atomic E-state index is 0.182. The van der Waals surface area contributed by atoms with Gasteiger partial charge in [-0.25, -0.2) is 0 Å². The van der Waals surface area contributed by atoms with Gasteiger partial charge in [0.15, 0.2) is 0 Å². The van der Waals surface area contributed by atoms with Gasteiger partial charge in [0.2, 0.25) is 6.61 Å². The van der Waals surface area contributed by atoms with E-state index >= 15 is 0 Å². The molecule has 1 unspecified atom stereocenters. The molecule has 0 spiro atoms. The Balaban J connectivity index is 2.36. The molecule has 12 heavy (non-hydrogen) atoms. The fraction of sp³-hybridized carbons (Fsp3) is 0.300. The molecule has 0 amide bonds. The number of benzene rings is 1. The van der Waals surface area contributed by atoms with Crippen LogP contribution in [0.4, 0.5) is 0 Å². The number of hydrogen-bond acceptors (Lipinski definition) is 2. The third-order valence-electron chi connectivity index (χ3n) is 2.01. The topological polar surface area (TPSA) is 12.5 Å². The minimum Gasteiger partial charge on any atom is -0.476 e. The largest absolute Gasteiger partial charge is 0.476 e. The van der Waals surface area contributed by atoms with Gasteiger partial charge in [-0.15, -0.1) is 0 Å². The Morgan fingerprint density at radius 2 is 2.08 bits per heavy atom. The van der Waals surface area contributed by atoms with Crippen molar-refractivity contribution in [1.29, 1.82) is 0 Å². The van der Waals surface area contributed by atoms with Crippen molar-refractivity contribution in [2.75, 3.05) is 14.1 Å². The summed E-state index contributed by atoms with van der Waals surface area (Å²) in [5, 5.41) is 0. The molecule has 1 heterocycles. The Kier molecular flexibility index (Phi) is 1.77. The first kappa shape index (κ1) is 7.62. The van der Waals surface area contributed by atoms with Gasteiger partial charge in [0, 0.05) is 5.56 Å². The van der Waals surface area contributed by atoms with Crippen LogP contribution in [0.5, 0.6) is 5.75 Å². The zero-order valence-electron chi connectivity index (χ0n) is 7.24. The number of ether oxygens (including phenoxy) is 1. The highest BCUT2D eigenvalue weighted by Crippen LogP contribution is 2.36. The number of hydrogen-bond donors (Lipinski definition) is 0. The normalized spacial score (nSPS) is 20.8. The van der Waals surface area contributed by atoms with Crippen LogP contribution in [-0.2, 0) is 0 Å². The molecule has 2 rings (SSSR count). The lowest BCUT2D eigenvalue weighted by atomic mass is 10.1. The lowest BCUT2D eigenvalue weighted by molar-refractivity contribution is 0.284. The van der Waals surface area contributed by atoms with Gasteiger partial charge in [0.05, 0.1) is 6.04 Å². The zero-order chi connectivity index (χ0) is 8.55. The molecule has 2 radical (unpaired) electrons. The minimum atomic E-state index is 0.182. The van der Waals surface area contributed by atoms with E-state index in [4.69, 9.17) is 4.74 Å². The average Bonchev–Trinajstić information content (AvgIpc) is 2.47. The van der Waals surface area contributed by atoms with Gasteiger partial charge in [0.25, 0.3) is 0 Å². The molecule has 0 fully saturated rings. The summed E-state index contributed by atoms with van der Waals surface area (Å²) < 4.78 is 5.28. The van der Waals surface area contributed by atoms with Gasteiger partial charge in [-0.1, -0.05) is 18.2 Å². The maximum Gasteiger partial charge on any atom is 0.219 e. The first-order chi connectivity index (χ1) is 5.79. The first-order valence-corrected chi connectivity index (χ1v) is 3.97. The molecule has 62 valence electrons. The van der Waals surface area contributed by atoms with Crippen molar-refractivity contribution in [1.82, 2.24) is 4.90 Å². The van der Waals surface area contributed by atoms with Crippen molar-refractivity contribution in [3.05, 3.63) is 36.4 Å². The average molecular weight is 161 g/mol. The summed E-state index contributed by atoms with van der Waals surface area (Å²) in [6, 6.07) is 8.21. The van der Waals surface area contributed by atoms with Crippen molar-refractivity contribution < 1.29 is 4.74 Å². The molecular weight excluding hydrogens is 150 g/mol. The van der Waals surface area contributed by atoms with E-state index in [0.29, 0.717) is 0 Å². The van der Waals surface area contributed by atoms with Crippen LogP contribution >= 0.6 is 0 Å². The van der Waals surface area contributed by atoms with Crippen LogP contribution < -0.4 is 4.74 Å². The standard InChI is InChI=1S/C10H11NO/c1-11(2)9-7-12-10-6-4-3-5-8(9)10/h3-6,9H,1-2H3. The van der Waals surface area contributed by atoms with Crippen molar-refractivity contribution in [3.8, 4) is 5.75 Å². The Labute approximate surface area is 72.8 Å². The van der Waals surface area contributed by atoms with Gasteiger partial charge in [-0.3, -0.25) is 4.90 Å². The van der Waals surface area contributed by atoms with Gasteiger partial charge < -0.3 is 4.74 Å². The summed E-state index contributed by atoms with van der Waals surface area (Å²) in [6.45, 7) is 2.95. The van der Waals surface area contributed by atoms with Gasteiger partial charge in [-0.05, 0) is 20.2 Å². The van der Waals surface area contributed by atoms with Crippen LogP contribution in [0, 0.1) is 6.61 Å². The fourth-order valence-electron chi connectivity index (χ4n) is 1.37. The van der Waals surface area contributed by atoms with Crippen LogP contribution in [0.1, 0.15) is 11.6 Å². The molecule has 0 saturated heterocycles. The molecule has 1 atom stereocenters. The second-order valence-corrected chi connectivity index (χ2v) is 3.12. The van der Waals surface area contributed by atoms with E-state index < -0.39 is 0 Å². The number of rotatable bonds is 1. The molecule has 2 heteroatoms.